The maximum absolute atomic E-state index is 13.7. The van der Waals surface area contributed by atoms with Gasteiger partial charge in [0.15, 0.2) is 0 Å². The van der Waals surface area contributed by atoms with Gasteiger partial charge in [-0.2, -0.15) is 0 Å². The van der Waals surface area contributed by atoms with Crippen molar-refractivity contribution in [2.45, 2.75) is 37.8 Å². The van der Waals surface area contributed by atoms with Crippen LogP contribution in [0.25, 0.3) is 0 Å². The summed E-state index contributed by atoms with van der Waals surface area (Å²) in [4.78, 5) is 28.0. The van der Waals surface area contributed by atoms with Crippen molar-refractivity contribution in [3.8, 4) is 0 Å². The Hall–Kier alpha value is -3.36. The van der Waals surface area contributed by atoms with E-state index in [0.717, 1.165) is 16.3 Å². The third-order valence-corrected chi connectivity index (χ3v) is 7.64. The number of halogens is 1. The zero-order chi connectivity index (χ0) is 26.1. The highest BCUT2D eigenvalue weighted by Crippen LogP contribution is 2.26. The van der Waals surface area contributed by atoms with Crippen molar-refractivity contribution in [3.05, 3.63) is 95.5 Å². The molecule has 9 heteroatoms. The van der Waals surface area contributed by atoms with Gasteiger partial charge in [0.05, 0.1) is 10.6 Å². The summed E-state index contributed by atoms with van der Waals surface area (Å²) < 4.78 is 28.3. The number of benzene rings is 3. The summed E-state index contributed by atoms with van der Waals surface area (Å²) in [5.74, 6) is -0.821. The van der Waals surface area contributed by atoms with E-state index in [1.807, 2.05) is 37.3 Å². The van der Waals surface area contributed by atoms with Crippen LogP contribution in [-0.4, -0.2) is 44.3 Å². The van der Waals surface area contributed by atoms with E-state index in [0.29, 0.717) is 11.6 Å². The highest BCUT2D eigenvalue weighted by Gasteiger charge is 2.32. The molecule has 1 N–H and O–H groups in total. The lowest BCUT2D eigenvalue weighted by Gasteiger charge is -2.32. The van der Waals surface area contributed by atoms with E-state index >= 15 is 0 Å². The summed E-state index contributed by atoms with van der Waals surface area (Å²) in [5.41, 5.74) is 1.07. The van der Waals surface area contributed by atoms with Crippen LogP contribution in [0.1, 0.15) is 25.8 Å². The molecule has 0 fully saturated rings. The van der Waals surface area contributed by atoms with Gasteiger partial charge in [-0.1, -0.05) is 73.1 Å². The van der Waals surface area contributed by atoms with Crippen LogP contribution in [0.4, 0.5) is 5.69 Å². The molecule has 0 unspecified atom stereocenters. The van der Waals surface area contributed by atoms with Gasteiger partial charge in [0, 0.05) is 18.1 Å². The van der Waals surface area contributed by atoms with E-state index in [1.54, 1.807) is 43.3 Å². The number of sulfonamides is 1. The molecule has 0 heterocycles. The average molecular weight is 528 g/mol. The van der Waals surface area contributed by atoms with Gasteiger partial charge in [-0.25, -0.2) is 8.42 Å². The largest absolute Gasteiger partial charge is 0.354 e. The smallest absolute Gasteiger partial charge is 0.264 e. The van der Waals surface area contributed by atoms with E-state index in [1.165, 1.54) is 23.1 Å². The molecule has 36 heavy (non-hydrogen) atoms. The fraction of sp³-hybridized carbons (Fsp3) is 0.259. The summed E-state index contributed by atoms with van der Waals surface area (Å²) in [7, 11) is -4.11. The van der Waals surface area contributed by atoms with Crippen molar-refractivity contribution in [2.75, 3.05) is 17.4 Å². The average Bonchev–Trinajstić information content (AvgIpc) is 2.89. The number of nitrogens with zero attached hydrogens (tertiary/aromatic N) is 2. The highest BCUT2D eigenvalue weighted by atomic mass is 35.5. The first-order chi connectivity index (χ1) is 17.2. The molecule has 0 saturated heterocycles. The molecule has 0 radical (unpaired) electrons. The maximum atomic E-state index is 13.7. The van der Waals surface area contributed by atoms with Crippen LogP contribution in [0.2, 0.25) is 5.02 Å². The summed E-state index contributed by atoms with van der Waals surface area (Å²) in [5, 5.41) is 3.15. The normalized spacial score (nSPS) is 12.0. The Morgan fingerprint density at radius 1 is 0.944 bits per heavy atom. The van der Waals surface area contributed by atoms with Crippen molar-refractivity contribution in [1.29, 1.82) is 0 Å². The van der Waals surface area contributed by atoms with Crippen LogP contribution in [0.3, 0.4) is 0 Å². The molecule has 3 aromatic rings. The molecule has 0 aliphatic carbocycles. The first-order valence-electron chi connectivity index (χ1n) is 11.7. The number of carbonyl (C=O) groups excluding carboxylic acids is 2. The fourth-order valence-corrected chi connectivity index (χ4v) is 5.25. The topological polar surface area (TPSA) is 86.8 Å². The standard InChI is InChI=1S/C27H30ClN3O4S/c1-3-17-29-27(33)21(2)30(19-22-11-6-4-7-12-22)26(32)20-31(24-14-10-13-23(28)18-24)36(34,35)25-15-8-5-9-16-25/h4-16,18,21H,3,17,19-20H2,1-2H3,(H,29,33)/t21-/m1/s1. The highest BCUT2D eigenvalue weighted by molar-refractivity contribution is 7.92. The number of rotatable bonds is 11. The van der Waals surface area contributed by atoms with Gasteiger partial charge in [-0.3, -0.25) is 13.9 Å². The Morgan fingerprint density at radius 3 is 2.19 bits per heavy atom. The first kappa shape index (κ1) is 27.2. The fourth-order valence-electron chi connectivity index (χ4n) is 3.64. The number of hydrogen-bond donors (Lipinski definition) is 1. The first-order valence-corrected chi connectivity index (χ1v) is 13.5. The van der Waals surface area contributed by atoms with E-state index in [-0.39, 0.29) is 23.0 Å². The molecule has 0 aromatic heterocycles. The Bertz CT molecular complexity index is 1270. The lowest BCUT2D eigenvalue weighted by atomic mass is 10.1. The number of carbonyl (C=O) groups is 2. The Balaban J connectivity index is 1.99. The third kappa shape index (κ3) is 6.86. The SMILES string of the molecule is CCCNC(=O)[C@@H](C)N(Cc1ccccc1)C(=O)CN(c1cccc(Cl)c1)S(=O)(=O)c1ccccc1. The number of nitrogens with one attached hydrogen (secondary N) is 1. The molecule has 0 spiro atoms. The zero-order valence-electron chi connectivity index (χ0n) is 20.3. The Kier molecular flexibility index (Phi) is 9.50. The summed E-state index contributed by atoms with van der Waals surface area (Å²) in [6, 6.07) is 22.7. The molecule has 7 nitrogen and oxygen atoms in total. The lowest BCUT2D eigenvalue weighted by Crippen LogP contribution is -2.51. The second kappa shape index (κ2) is 12.6. The third-order valence-electron chi connectivity index (χ3n) is 5.62. The second-order valence-electron chi connectivity index (χ2n) is 8.28. The molecule has 3 rings (SSSR count). The minimum Gasteiger partial charge on any atom is -0.354 e. The summed E-state index contributed by atoms with van der Waals surface area (Å²) in [6.45, 7) is 3.70. The number of anilines is 1. The quantitative estimate of drug-likeness (QED) is 0.398. The van der Waals surface area contributed by atoms with Crippen molar-refractivity contribution >= 4 is 39.1 Å². The lowest BCUT2D eigenvalue weighted by molar-refractivity contribution is -0.139. The monoisotopic (exact) mass is 527 g/mol. The zero-order valence-corrected chi connectivity index (χ0v) is 21.9. The molecule has 190 valence electrons. The van der Waals surface area contributed by atoms with Crippen LogP contribution >= 0.6 is 11.6 Å². The van der Waals surface area contributed by atoms with E-state index in [9.17, 15) is 18.0 Å². The minimum absolute atomic E-state index is 0.0427. The van der Waals surface area contributed by atoms with Gasteiger partial charge in [-0.05, 0) is 49.2 Å². The molecular formula is C27H30ClN3O4S. The minimum atomic E-state index is -4.11. The molecule has 2 amide bonds. The number of amides is 2. The van der Waals surface area contributed by atoms with Gasteiger partial charge >= 0.3 is 0 Å². The van der Waals surface area contributed by atoms with E-state index < -0.39 is 28.5 Å². The Morgan fingerprint density at radius 2 is 1.58 bits per heavy atom. The second-order valence-corrected chi connectivity index (χ2v) is 10.6. The van der Waals surface area contributed by atoms with Gasteiger partial charge in [0.1, 0.15) is 12.6 Å². The van der Waals surface area contributed by atoms with E-state index in [2.05, 4.69) is 5.32 Å². The molecule has 0 aliphatic heterocycles. The molecule has 1 atom stereocenters. The van der Waals surface area contributed by atoms with Crippen molar-refractivity contribution in [1.82, 2.24) is 10.2 Å². The maximum Gasteiger partial charge on any atom is 0.264 e. The van der Waals surface area contributed by atoms with Crippen LogP contribution in [-0.2, 0) is 26.2 Å². The summed E-state index contributed by atoms with van der Waals surface area (Å²) in [6.07, 6.45) is 0.753. The molecule has 0 saturated carbocycles. The number of hydrogen-bond acceptors (Lipinski definition) is 4. The van der Waals surface area contributed by atoms with Crippen LogP contribution in [0.15, 0.2) is 89.8 Å². The van der Waals surface area contributed by atoms with Crippen LogP contribution in [0.5, 0.6) is 0 Å². The molecular weight excluding hydrogens is 498 g/mol. The molecule has 0 bridgehead atoms. The molecule has 0 aliphatic rings. The van der Waals surface area contributed by atoms with Gasteiger partial charge < -0.3 is 10.2 Å². The van der Waals surface area contributed by atoms with Gasteiger partial charge in [0.2, 0.25) is 11.8 Å². The predicted octanol–water partition coefficient (Wildman–Crippen LogP) is 4.48. The van der Waals surface area contributed by atoms with Crippen LogP contribution < -0.4 is 9.62 Å². The molecule has 3 aromatic carbocycles. The van der Waals surface area contributed by atoms with E-state index in [4.69, 9.17) is 11.6 Å². The van der Waals surface area contributed by atoms with Gasteiger partial charge in [0.25, 0.3) is 10.0 Å². The predicted molar refractivity (Wildman–Crippen MR) is 142 cm³/mol. The van der Waals surface area contributed by atoms with Crippen molar-refractivity contribution in [2.24, 2.45) is 0 Å². The van der Waals surface area contributed by atoms with Crippen molar-refractivity contribution in [3.63, 3.8) is 0 Å². The Labute approximate surface area is 217 Å². The van der Waals surface area contributed by atoms with Crippen LogP contribution in [0, 0.1) is 0 Å². The van der Waals surface area contributed by atoms with Crippen molar-refractivity contribution < 1.29 is 18.0 Å². The summed E-state index contributed by atoms with van der Waals surface area (Å²) >= 11 is 6.16. The van der Waals surface area contributed by atoms with Gasteiger partial charge in [-0.15, -0.1) is 0 Å².